The van der Waals surface area contributed by atoms with Crippen molar-refractivity contribution in [1.82, 2.24) is 9.62 Å². The topological polar surface area (TPSA) is 146 Å². The lowest BCUT2D eigenvalue weighted by Crippen LogP contribution is -2.51. The van der Waals surface area contributed by atoms with E-state index >= 15 is 0 Å². The highest BCUT2D eigenvalue weighted by molar-refractivity contribution is 7.89. The maximum atomic E-state index is 13.5. The quantitative estimate of drug-likeness (QED) is 0.327. The number of rotatable bonds is 11. The van der Waals surface area contributed by atoms with Crippen LogP contribution in [0.2, 0.25) is 0 Å². The van der Waals surface area contributed by atoms with E-state index in [0.717, 1.165) is 47.5 Å². The third kappa shape index (κ3) is 7.63. The van der Waals surface area contributed by atoms with Crippen molar-refractivity contribution in [2.45, 2.75) is 68.8 Å². The monoisotopic (exact) mass is 562 g/mol. The zero-order valence-electron chi connectivity index (χ0n) is 22.3. The van der Waals surface area contributed by atoms with Crippen LogP contribution in [-0.4, -0.2) is 78.2 Å². The first-order valence-electron chi connectivity index (χ1n) is 13.3. The third-order valence-electron chi connectivity index (χ3n) is 7.22. The van der Waals surface area contributed by atoms with Gasteiger partial charge in [0.2, 0.25) is 10.0 Å². The number of nitrogens with one attached hydrogen (secondary N) is 1. The van der Waals surface area contributed by atoms with E-state index in [4.69, 9.17) is 9.47 Å². The van der Waals surface area contributed by atoms with Crippen molar-refractivity contribution >= 4 is 16.1 Å². The number of benzene rings is 2. The molecule has 0 radical (unpaired) electrons. The number of sulfonamides is 1. The summed E-state index contributed by atoms with van der Waals surface area (Å²) in [7, 11) is -4.20. The van der Waals surface area contributed by atoms with Crippen LogP contribution in [0.25, 0.3) is 0 Å². The molecule has 3 unspecified atom stereocenters. The van der Waals surface area contributed by atoms with Crippen molar-refractivity contribution in [1.29, 1.82) is 0 Å². The molecular formula is C28H38N2O8S. The zero-order chi connectivity index (χ0) is 28.2. The van der Waals surface area contributed by atoms with Crippen LogP contribution in [0, 0.1) is 11.8 Å². The molecule has 214 valence electrons. The molecule has 4 rings (SSSR count). The Morgan fingerprint density at radius 3 is 2.44 bits per heavy atom. The average Bonchev–Trinajstić information content (AvgIpc) is 3.45. The lowest BCUT2D eigenvalue weighted by molar-refractivity contribution is 0.0554. The second kappa shape index (κ2) is 12.5. The Morgan fingerprint density at radius 1 is 1.10 bits per heavy atom. The molecule has 5 atom stereocenters. The smallest absolute Gasteiger partial charge is 0.407 e. The Hall–Kier alpha value is -2.86. The van der Waals surface area contributed by atoms with Crippen LogP contribution < -0.4 is 5.32 Å². The molecule has 10 nitrogen and oxygen atoms in total. The largest absolute Gasteiger partial charge is 0.508 e. The number of carbonyl (C=O) groups is 1. The fourth-order valence-corrected chi connectivity index (χ4v) is 7.06. The number of phenolic OH excluding ortho intramolecular Hbond substituents is 2. The SMILES string of the molecule is CC(C)CN(C[C@@H](O)[C@H](Cc1ccccc1)NC(=O)OC1CC2CCOC2C1)S(=O)(=O)c1cc(O)cc(O)c1. The van der Waals surface area contributed by atoms with Gasteiger partial charge in [-0.05, 0) is 36.7 Å². The molecular weight excluding hydrogens is 524 g/mol. The summed E-state index contributed by atoms with van der Waals surface area (Å²) in [5.74, 6) is -0.495. The molecule has 39 heavy (non-hydrogen) atoms. The molecule has 2 fully saturated rings. The van der Waals surface area contributed by atoms with Gasteiger partial charge in [-0.1, -0.05) is 44.2 Å². The standard InChI is InChI=1S/C28H38N2O8S/c1-18(2)16-30(39(35,36)24-13-21(31)12-22(32)14-24)17-26(33)25(10-19-6-4-3-5-7-19)29-28(34)38-23-11-20-8-9-37-27(20)15-23/h3-7,12-14,18,20,23,25-27,31-33H,8-11,15-17H2,1-2H3,(H,29,34)/t20?,23?,25-,26+,27?/m0/s1. The molecule has 2 aromatic rings. The molecule has 2 aliphatic rings. The van der Waals surface area contributed by atoms with Crippen molar-refractivity contribution in [3.8, 4) is 11.5 Å². The summed E-state index contributed by atoms with van der Waals surface area (Å²) in [5.41, 5.74) is 0.849. The van der Waals surface area contributed by atoms with Crippen molar-refractivity contribution in [2.24, 2.45) is 11.8 Å². The molecule has 1 aliphatic carbocycles. The first-order chi connectivity index (χ1) is 18.5. The van der Waals surface area contributed by atoms with Gasteiger partial charge in [0, 0.05) is 44.3 Å². The van der Waals surface area contributed by atoms with Crippen LogP contribution in [-0.2, 0) is 25.9 Å². The number of aliphatic hydroxyl groups excluding tert-OH is 1. The first kappa shape index (κ1) is 29.1. The van der Waals surface area contributed by atoms with Crippen LogP contribution in [0.5, 0.6) is 11.5 Å². The molecule has 0 spiro atoms. The molecule has 0 aromatic heterocycles. The summed E-state index contributed by atoms with van der Waals surface area (Å²) in [6.45, 7) is 4.16. The van der Waals surface area contributed by atoms with Gasteiger partial charge in [-0.3, -0.25) is 0 Å². The summed E-state index contributed by atoms with van der Waals surface area (Å²) >= 11 is 0. The summed E-state index contributed by atoms with van der Waals surface area (Å²) in [5, 5.41) is 33.8. The van der Waals surface area contributed by atoms with Crippen molar-refractivity contribution < 1.29 is 38.0 Å². The number of carbonyl (C=O) groups excluding carboxylic acids is 1. The van der Waals surface area contributed by atoms with Crippen LogP contribution in [0.15, 0.2) is 53.4 Å². The van der Waals surface area contributed by atoms with Crippen LogP contribution in [0.3, 0.4) is 0 Å². The van der Waals surface area contributed by atoms with Crippen molar-refractivity contribution in [3.05, 3.63) is 54.1 Å². The first-order valence-corrected chi connectivity index (χ1v) is 14.8. The summed E-state index contributed by atoms with van der Waals surface area (Å²) < 4.78 is 39.5. The van der Waals surface area contributed by atoms with E-state index in [0.29, 0.717) is 12.3 Å². The third-order valence-corrected chi connectivity index (χ3v) is 9.03. The van der Waals surface area contributed by atoms with Crippen LogP contribution >= 0.6 is 0 Å². The number of amides is 1. The van der Waals surface area contributed by atoms with E-state index in [1.165, 1.54) is 0 Å². The van der Waals surface area contributed by atoms with Crippen LogP contribution in [0.4, 0.5) is 4.79 Å². The number of fused-ring (bicyclic) bond motifs is 1. The minimum absolute atomic E-state index is 0.0726. The average molecular weight is 563 g/mol. The molecule has 0 bridgehead atoms. The van der Waals surface area contributed by atoms with Crippen LogP contribution in [0.1, 0.15) is 38.7 Å². The van der Waals surface area contributed by atoms with E-state index in [1.807, 2.05) is 44.2 Å². The minimum atomic E-state index is -4.20. The van der Waals surface area contributed by atoms with Gasteiger partial charge in [-0.25, -0.2) is 13.2 Å². The molecule has 1 amide bonds. The van der Waals surface area contributed by atoms with E-state index in [9.17, 15) is 28.5 Å². The van der Waals surface area contributed by atoms with E-state index in [-0.39, 0.29) is 42.5 Å². The van der Waals surface area contributed by atoms with Gasteiger partial charge in [-0.15, -0.1) is 0 Å². The highest BCUT2D eigenvalue weighted by atomic mass is 32.2. The second-order valence-electron chi connectivity index (χ2n) is 10.9. The number of aliphatic hydroxyl groups is 1. The predicted octanol–water partition coefficient (Wildman–Crippen LogP) is 3.01. The van der Waals surface area contributed by atoms with E-state index in [2.05, 4.69) is 5.32 Å². The van der Waals surface area contributed by atoms with E-state index in [1.54, 1.807) is 0 Å². The normalized spacial score (nSPS) is 22.5. The Labute approximate surface area is 229 Å². The van der Waals surface area contributed by atoms with Gasteiger partial charge < -0.3 is 30.1 Å². The summed E-state index contributed by atoms with van der Waals surface area (Å²) in [6, 6.07) is 11.6. The Bertz CT molecular complexity index is 1190. The molecule has 11 heteroatoms. The molecule has 2 aromatic carbocycles. The lowest BCUT2D eigenvalue weighted by atomic mass is 10.0. The Morgan fingerprint density at radius 2 is 1.79 bits per heavy atom. The Kier molecular flexibility index (Phi) is 9.37. The zero-order valence-corrected chi connectivity index (χ0v) is 23.1. The fraction of sp³-hybridized carbons (Fsp3) is 0.536. The lowest BCUT2D eigenvalue weighted by Gasteiger charge is -2.31. The molecule has 4 N–H and O–H groups in total. The number of nitrogens with zero attached hydrogens (tertiary/aromatic N) is 1. The number of alkyl carbamates (subject to hydrolysis) is 1. The summed E-state index contributed by atoms with van der Waals surface area (Å²) in [4.78, 5) is 12.6. The van der Waals surface area contributed by atoms with E-state index < -0.39 is 39.8 Å². The maximum Gasteiger partial charge on any atom is 0.407 e. The summed E-state index contributed by atoms with van der Waals surface area (Å²) in [6.07, 6.45) is 0.463. The van der Waals surface area contributed by atoms with Gasteiger partial charge in [-0.2, -0.15) is 4.31 Å². The predicted molar refractivity (Wildman–Crippen MR) is 144 cm³/mol. The van der Waals surface area contributed by atoms with Gasteiger partial charge in [0.15, 0.2) is 0 Å². The molecule has 1 saturated heterocycles. The number of hydrogen-bond donors (Lipinski definition) is 4. The maximum absolute atomic E-state index is 13.5. The fourth-order valence-electron chi connectivity index (χ4n) is 5.38. The highest BCUT2D eigenvalue weighted by Gasteiger charge is 2.40. The van der Waals surface area contributed by atoms with Gasteiger partial charge in [0.1, 0.15) is 17.6 Å². The van der Waals surface area contributed by atoms with Gasteiger partial charge in [0.25, 0.3) is 0 Å². The molecule has 1 saturated carbocycles. The van der Waals surface area contributed by atoms with Crippen molar-refractivity contribution in [3.63, 3.8) is 0 Å². The molecule has 1 heterocycles. The van der Waals surface area contributed by atoms with Crippen molar-refractivity contribution in [2.75, 3.05) is 19.7 Å². The minimum Gasteiger partial charge on any atom is -0.508 e. The number of hydrogen-bond acceptors (Lipinski definition) is 8. The second-order valence-corrected chi connectivity index (χ2v) is 12.8. The molecule has 1 aliphatic heterocycles. The number of ether oxygens (including phenoxy) is 2. The number of aromatic hydroxyl groups is 2. The highest BCUT2D eigenvalue weighted by Crippen LogP contribution is 2.37. The number of phenols is 2. The Balaban J connectivity index is 1.51. The van der Waals surface area contributed by atoms with Gasteiger partial charge in [0.05, 0.1) is 23.1 Å². The van der Waals surface area contributed by atoms with Gasteiger partial charge >= 0.3 is 6.09 Å².